The minimum atomic E-state index is -3.50. The zero-order valence-electron chi connectivity index (χ0n) is 14.8. The van der Waals surface area contributed by atoms with Crippen molar-refractivity contribution in [2.24, 2.45) is 0 Å². The Balaban J connectivity index is 2.95. The van der Waals surface area contributed by atoms with Gasteiger partial charge in [0.15, 0.2) is 0 Å². The Bertz CT molecular complexity index is 234. The van der Waals surface area contributed by atoms with E-state index in [0.29, 0.717) is 6.61 Å². The van der Waals surface area contributed by atoms with Crippen molar-refractivity contribution in [1.82, 2.24) is 0 Å². The van der Waals surface area contributed by atoms with Gasteiger partial charge in [-0.3, -0.25) is 0 Å². The van der Waals surface area contributed by atoms with Gasteiger partial charge >= 0.3 is 102 Å². The van der Waals surface area contributed by atoms with Crippen LogP contribution in [-0.4, -0.2) is 9.79 Å². The van der Waals surface area contributed by atoms with Crippen LogP contribution in [0.15, 0.2) is 0 Å². The summed E-state index contributed by atoms with van der Waals surface area (Å²) in [4.78, 5) is 0. The average molecular weight is 394 g/mol. The molecule has 0 aromatic heterocycles. The van der Waals surface area contributed by atoms with E-state index in [0.717, 1.165) is 12.8 Å². The molecule has 0 atom stereocenters. The summed E-state index contributed by atoms with van der Waals surface area (Å²) in [5, 5.41) is 0. The molecule has 0 radical (unpaired) electrons. The SMILES string of the molecule is CCCCCCCCCCCCCCCCCC[O][Zr](=[O])[OH]. The summed E-state index contributed by atoms with van der Waals surface area (Å²) in [5.41, 5.74) is 0. The molecule has 4 heteroatoms. The monoisotopic (exact) mass is 392 g/mol. The summed E-state index contributed by atoms with van der Waals surface area (Å²) >= 11 is -3.50. The Morgan fingerprint density at radius 3 is 1.27 bits per heavy atom. The predicted molar refractivity (Wildman–Crippen MR) is 88.4 cm³/mol. The molecule has 0 bridgehead atoms. The third-order valence-corrected chi connectivity index (χ3v) is 5.33. The van der Waals surface area contributed by atoms with Gasteiger partial charge in [-0.05, 0) is 0 Å². The van der Waals surface area contributed by atoms with Crippen molar-refractivity contribution in [1.29, 1.82) is 0 Å². The van der Waals surface area contributed by atoms with E-state index in [1.807, 2.05) is 0 Å². The van der Waals surface area contributed by atoms with Crippen LogP contribution in [0.5, 0.6) is 0 Å². The molecule has 0 aromatic carbocycles. The molecule has 1 N–H and O–H groups in total. The molecule has 0 aliphatic carbocycles. The topological polar surface area (TPSA) is 46.5 Å². The van der Waals surface area contributed by atoms with Crippen LogP contribution >= 0.6 is 0 Å². The molecule has 0 spiro atoms. The van der Waals surface area contributed by atoms with Gasteiger partial charge in [-0.25, -0.2) is 0 Å². The van der Waals surface area contributed by atoms with Crippen molar-refractivity contribution in [2.45, 2.75) is 110 Å². The van der Waals surface area contributed by atoms with E-state index >= 15 is 0 Å². The van der Waals surface area contributed by atoms with Crippen LogP contribution in [0, 0.1) is 0 Å². The summed E-state index contributed by atoms with van der Waals surface area (Å²) < 4.78 is 23.8. The second-order valence-corrected chi connectivity index (χ2v) is 8.43. The molecule has 0 saturated heterocycles. The van der Waals surface area contributed by atoms with E-state index in [4.69, 9.17) is 6.00 Å². The summed E-state index contributed by atoms with van der Waals surface area (Å²) in [5.74, 6) is 0. The molecule has 0 aliphatic heterocycles. The standard InChI is InChI=1S/C18H37O.H2O.O.Zr/c1-2-3-4-5-6-7-8-9-10-11-12-13-14-15-16-17-18-19;;;/h2-18H2,1H3;1H2;;/q-1;;;+2/p-1. The second kappa shape index (κ2) is 19.6. The van der Waals surface area contributed by atoms with Crippen molar-refractivity contribution in [3.8, 4) is 0 Å². The summed E-state index contributed by atoms with van der Waals surface area (Å²) in [6.45, 7) is 2.75. The molecule has 0 unspecified atom stereocenters. The van der Waals surface area contributed by atoms with Gasteiger partial charge in [0.05, 0.1) is 0 Å². The first kappa shape index (κ1) is 22.6. The van der Waals surface area contributed by atoms with Crippen LogP contribution in [-0.2, 0) is 28.3 Å². The molecule has 0 rings (SSSR count). The van der Waals surface area contributed by atoms with Crippen LogP contribution < -0.4 is 0 Å². The zero-order valence-corrected chi connectivity index (χ0v) is 17.2. The van der Waals surface area contributed by atoms with Gasteiger partial charge in [-0.15, -0.1) is 0 Å². The van der Waals surface area contributed by atoms with Gasteiger partial charge < -0.3 is 0 Å². The molecule has 0 aliphatic rings. The Labute approximate surface area is 147 Å². The molecule has 0 saturated carbocycles. The molecule has 0 heterocycles. The van der Waals surface area contributed by atoms with Gasteiger partial charge in [-0.1, -0.05) is 45.4 Å². The Morgan fingerprint density at radius 2 is 0.955 bits per heavy atom. The molecule has 0 fully saturated rings. The van der Waals surface area contributed by atoms with Crippen LogP contribution in [0.2, 0.25) is 0 Å². The van der Waals surface area contributed by atoms with Crippen molar-refractivity contribution in [2.75, 3.05) is 6.61 Å². The Kier molecular flexibility index (Phi) is 20.2. The Hall–Kier alpha value is 0.603. The number of hydrogen-bond donors (Lipinski definition) is 1. The van der Waals surface area contributed by atoms with E-state index in [1.54, 1.807) is 0 Å². The average Bonchev–Trinajstić information content (AvgIpc) is 2.50. The van der Waals surface area contributed by atoms with E-state index < -0.39 is 22.6 Å². The van der Waals surface area contributed by atoms with Crippen LogP contribution in [0.4, 0.5) is 0 Å². The zero-order chi connectivity index (χ0) is 16.3. The maximum atomic E-state index is 10.4. The van der Waals surface area contributed by atoms with Crippen molar-refractivity contribution < 1.29 is 31.4 Å². The van der Waals surface area contributed by atoms with E-state index in [1.165, 1.54) is 89.9 Å². The first-order valence-corrected chi connectivity index (χ1v) is 12.7. The first-order chi connectivity index (χ1) is 10.8. The van der Waals surface area contributed by atoms with Gasteiger partial charge in [-0.2, -0.15) is 0 Å². The van der Waals surface area contributed by atoms with Gasteiger partial charge in [0.1, 0.15) is 0 Å². The van der Waals surface area contributed by atoms with Gasteiger partial charge in [0.25, 0.3) is 0 Å². The molecule has 132 valence electrons. The quantitative estimate of drug-likeness (QED) is 0.288. The van der Waals surface area contributed by atoms with E-state index in [-0.39, 0.29) is 0 Å². The van der Waals surface area contributed by atoms with Crippen LogP contribution in [0.3, 0.4) is 0 Å². The third kappa shape index (κ3) is 20.6. The number of rotatable bonds is 18. The summed E-state index contributed by atoms with van der Waals surface area (Å²) in [6.07, 6.45) is 21.5. The molecule has 22 heavy (non-hydrogen) atoms. The van der Waals surface area contributed by atoms with Crippen LogP contribution in [0.25, 0.3) is 0 Å². The summed E-state index contributed by atoms with van der Waals surface area (Å²) in [7, 11) is 0. The molecule has 0 amide bonds. The fraction of sp³-hybridized carbons (Fsp3) is 1.00. The Morgan fingerprint density at radius 1 is 0.636 bits per heavy atom. The molecule has 3 nitrogen and oxygen atoms in total. The van der Waals surface area contributed by atoms with Crippen molar-refractivity contribution in [3.05, 3.63) is 0 Å². The third-order valence-electron chi connectivity index (χ3n) is 4.22. The summed E-state index contributed by atoms with van der Waals surface area (Å²) in [6, 6.07) is 0. The fourth-order valence-electron chi connectivity index (χ4n) is 2.81. The molecular weight excluding hydrogens is 355 g/mol. The predicted octanol–water partition coefficient (Wildman–Crippen LogP) is 6.05. The normalized spacial score (nSPS) is 11.0. The van der Waals surface area contributed by atoms with Gasteiger partial charge in [0.2, 0.25) is 0 Å². The van der Waals surface area contributed by atoms with Gasteiger partial charge in [0, 0.05) is 0 Å². The van der Waals surface area contributed by atoms with E-state index in [9.17, 15) is 2.81 Å². The minimum absolute atomic E-state index is 0.479. The number of unbranched alkanes of at least 4 members (excludes halogenated alkanes) is 15. The number of hydrogen-bond acceptors (Lipinski definition) is 2. The van der Waals surface area contributed by atoms with Crippen molar-refractivity contribution in [3.63, 3.8) is 0 Å². The molecular formula is C18H38O3Zr. The second-order valence-electron chi connectivity index (χ2n) is 6.42. The van der Waals surface area contributed by atoms with Crippen LogP contribution in [0.1, 0.15) is 110 Å². The van der Waals surface area contributed by atoms with Crippen molar-refractivity contribution >= 4 is 0 Å². The fourth-order valence-corrected chi connectivity index (χ4v) is 3.59. The maximum absolute atomic E-state index is 10.4. The molecule has 0 aromatic rings. The van der Waals surface area contributed by atoms with E-state index in [2.05, 4.69) is 6.92 Å². The first-order valence-electron chi connectivity index (χ1n) is 9.63.